The third-order valence-electron chi connectivity index (χ3n) is 0.577. The molecule has 0 atom stereocenters. The van der Waals surface area contributed by atoms with Crippen LogP contribution in [0.2, 0.25) is 0 Å². The minimum absolute atomic E-state index is 0. The first-order chi connectivity index (χ1) is 2.27. The molecular formula is C5H10Br2Mg. The van der Waals surface area contributed by atoms with Crippen LogP contribution in [0.4, 0.5) is 0 Å². The van der Waals surface area contributed by atoms with Crippen LogP contribution in [0.5, 0.6) is 0 Å². The second-order valence-electron chi connectivity index (χ2n) is 1.37. The molecule has 46 valence electrons. The minimum Gasteiger partial charge on any atom is -1.00 e. The monoisotopic (exact) mass is 252 g/mol. The molecule has 0 N–H and O–H groups in total. The van der Waals surface area contributed by atoms with E-state index in [1.807, 2.05) is 6.92 Å². The number of allylic oxidation sites excluding steroid dienone is 2. The summed E-state index contributed by atoms with van der Waals surface area (Å²) in [4.78, 5) is 0. The third kappa shape index (κ3) is 26.0. The maximum absolute atomic E-state index is 2.08. The number of halogens is 2. The molecule has 8 heavy (non-hydrogen) atoms. The van der Waals surface area contributed by atoms with Crippen LogP contribution in [0.3, 0.4) is 0 Å². The van der Waals surface area contributed by atoms with Crippen molar-refractivity contribution in [2.24, 2.45) is 0 Å². The van der Waals surface area contributed by atoms with Gasteiger partial charge in [0, 0.05) is 0 Å². The fourth-order valence-electron chi connectivity index (χ4n) is 0. The van der Waals surface area contributed by atoms with E-state index in [-0.39, 0.29) is 57.0 Å². The van der Waals surface area contributed by atoms with E-state index in [0.717, 1.165) is 0 Å². The van der Waals surface area contributed by atoms with E-state index in [0.29, 0.717) is 0 Å². The third-order valence-corrected chi connectivity index (χ3v) is 0.577. The van der Waals surface area contributed by atoms with Crippen LogP contribution in [-0.2, 0) is 0 Å². The Morgan fingerprint density at radius 3 is 1.25 bits per heavy atom. The Bertz CT molecular complexity index is 48.4. The van der Waals surface area contributed by atoms with E-state index in [2.05, 4.69) is 19.9 Å². The van der Waals surface area contributed by atoms with Gasteiger partial charge >= 0.3 is 23.1 Å². The van der Waals surface area contributed by atoms with Crippen LogP contribution < -0.4 is 34.0 Å². The standard InChI is InChI=1S/C5H10.2BrH.Mg/c1-4-5(2)3;;;/h4H,1-3H3;2*1H;/q;;;+2/p-2. The van der Waals surface area contributed by atoms with Gasteiger partial charge in [0.2, 0.25) is 0 Å². The Hall–Kier alpha value is 1.47. The summed E-state index contributed by atoms with van der Waals surface area (Å²) in [6.07, 6.45) is 2.08. The van der Waals surface area contributed by atoms with Crippen LogP contribution in [-0.4, -0.2) is 23.1 Å². The maximum Gasteiger partial charge on any atom is 2.00 e. The minimum atomic E-state index is 0. The summed E-state index contributed by atoms with van der Waals surface area (Å²) in [7, 11) is 0. The van der Waals surface area contributed by atoms with Crippen molar-refractivity contribution >= 4 is 23.1 Å². The van der Waals surface area contributed by atoms with Gasteiger partial charge in [-0.2, -0.15) is 0 Å². The molecule has 0 aliphatic carbocycles. The first-order valence-corrected chi connectivity index (χ1v) is 1.87. The van der Waals surface area contributed by atoms with Crippen molar-refractivity contribution in [3.63, 3.8) is 0 Å². The van der Waals surface area contributed by atoms with Crippen LogP contribution in [0.15, 0.2) is 11.6 Å². The van der Waals surface area contributed by atoms with E-state index in [9.17, 15) is 0 Å². The predicted molar refractivity (Wildman–Crippen MR) is 30.9 cm³/mol. The molecule has 0 heterocycles. The molecule has 0 aliphatic heterocycles. The molecule has 0 aromatic carbocycles. The van der Waals surface area contributed by atoms with Crippen molar-refractivity contribution in [3.8, 4) is 0 Å². The Balaban J connectivity index is -0.0000000267. The van der Waals surface area contributed by atoms with Gasteiger partial charge in [0.25, 0.3) is 0 Å². The molecule has 0 unspecified atom stereocenters. The van der Waals surface area contributed by atoms with Crippen LogP contribution in [0.1, 0.15) is 20.8 Å². The quantitative estimate of drug-likeness (QED) is 0.302. The molecule has 0 spiro atoms. The second kappa shape index (κ2) is 15.8. The average molecular weight is 254 g/mol. The van der Waals surface area contributed by atoms with Gasteiger partial charge < -0.3 is 34.0 Å². The van der Waals surface area contributed by atoms with E-state index in [4.69, 9.17) is 0 Å². The van der Waals surface area contributed by atoms with Crippen molar-refractivity contribution in [1.82, 2.24) is 0 Å². The molecule has 0 aromatic heterocycles. The summed E-state index contributed by atoms with van der Waals surface area (Å²) >= 11 is 0. The average Bonchev–Trinajstić information content (AvgIpc) is 1.38. The number of rotatable bonds is 0. The molecule has 0 rings (SSSR count). The first-order valence-electron chi connectivity index (χ1n) is 1.87. The van der Waals surface area contributed by atoms with E-state index in [1.165, 1.54) is 5.57 Å². The van der Waals surface area contributed by atoms with Crippen molar-refractivity contribution in [3.05, 3.63) is 11.6 Å². The summed E-state index contributed by atoms with van der Waals surface area (Å²) in [6.45, 7) is 6.20. The zero-order valence-corrected chi connectivity index (χ0v) is 10.1. The van der Waals surface area contributed by atoms with Gasteiger partial charge in [0.05, 0.1) is 0 Å². The summed E-state index contributed by atoms with van der Waals surface area (Å²) in [5.74, 6) is 0. The summed E-state index contributed by atoms with van der Waals surface area (Å²) in [5, 5.41) is 0. The van der Waals surface area contributed by atoms with E-state index in [1.54, 1.807) is 0 Å². The molecular weight excluding hydrogens is 244 g/mol. The molecule has 3 heteroatoms. The van der Waals surface area contributed by atoms with Crippen molar-refractivity contribution in [1.29, 1.82) is 0 Å². The topological polar surface area (TPSA) is 0 Å². The van der Waals surface area contributed by atoms with Crippen molar-refractivity contribution < 1.29 is 34.0 Å². The summed E-state index contributed by atoms with van der Waals surface area (Å²) in [5.41, 5.74) is 1.38. The predicted octanol–water partition coefficient (Wildman–Crippen LogP) is -4.40. The SMILES string of the molecule is CC=C(C)C.[Br-].[Br-].[Mg+2]. The van der Waals surface area contributed by atoms with Gasteiger partial charge in [-0.15, -0.1) is 0 Å². The largest absolute Gasteiger partial charge is 2.00 e. The zero-order valence-electron chi connectivity index (χ0n) is 5.54. The van der Waals surface area contributed by atoms with Gasteiger partial charge in [-0.3, -0.25) is 0 Å². The van der Waals surface area contributed by atoms with Gasteiger partial charge in [-0.05, 0) is 20.8 Å². The molecule has 0 nitrogen and oxygen atoms in total. The first kappa shape index (κ1) is 22.7. The zero-order chi connectivity index (χ0) is 4.28. The fraction of sp³-hybridized carbons (Fsp3) is 0.600. The Kier molecular flexibility index (Phi) is 44.8. The van der Waals surface area contributed by atoms with Gasteiger partial charge in [0.1, 0.15) is 0 Å². The van der Waals surface area contributed by atoms with Crippen molar-refractivity contribution in [2.45, 2.75) is 20.8 Å². The molecule has 0 saturated carbocycles. The van der Waals surface area contributed by atoms with Gasteiger partial charge in [0.15, 0.2) is 0 Å². The van der Waals surface area contributed by atoms with Crippen molar-refractivity contribution in [2.75, 3.05) is 0 Å². The smallest absolute Gasteiger partial charge is 1.00 e. The fourth-order valence-corrected chi connectivity index (χ4v) is 0. The van der Waals surface area contributed by atoms with Crippen LogP contribution in [0, 0.1) is 0 Å². The second-order valence-corrected chi connectivity index (χ2v) is 1.37. The van der Waals surface area contributed by atoms with Crippen LogP contribution in [0.25, 0.3) is 0 Å². The maximum atomic E-state index is 2.08. The van der Waals surface area contributed by atoms with Gasteiger partial charge in [-0.25, -0.2) is 0 Å². The molecule has 0 amide bonds. The van der Waals surface area contributed by atoms with E-state index < -0.39 is 0 Å². The number of hydrogen-bond acceptors (Lipinski definition) is 0. The van der Waals surface area contributed by atoms with E-state index >= 15 is 0 Å². The van der Waals surface area contributed by atoms with Gasteiger partial charge in [-0.1, -0.05) is 11.6 Å². The summed E-state index contributed by atoms with van der Waals surface area (Å²) < 4.78 is 0. The number of hydrogen-bond donors (Lipinski definition) is 0. The van der Waals surface area contributed by atoms with Crippen LogP contribution >= 0.6 is 0 Å². The normalized spacial score (nSPS) is 4.38. The summed E-state index contributed by atoms with van der Waals surface area (Å²) in [6, 6.07) is 0. The molecule has 0 aromatic rings. The Morgan fingerprint density at radius 1 is 1.12 bits per heavy atom. The molecule has 0 radical (unpaired) electrons. The molecule has 0 saturated heterocycles. The molecule has 0 aliphatic rings. The Labute approximate surface area is 88.8 Å². The molecule has 0 bridgehead atoms. The molecule has 0 fully saturated rings. The Morgan fingerprint density at radius 2 is 1.25 bits per heavy atom.